The number of carbonyl (C=O) groups excluding carboxylic acids is 1. The number of carboxylic acid groups (broad SMARTS) is 1. The number of likely N-dealkylation sites (tertiary alicyclic amines) is 1. The minimum atomic E-state index is -0.875. The van der Waals surface area contributed by atoms with Gasteiger partial charge in [0.2, 0.25) is 5.91 Å². The summed E-state index contributed by atoms with van der Waals surface area (Å²) in [6.07, 6.45) is 9.23. The number of nitrogens with zero attached hydrogens (tertiary/aromatic N) is 1. The van der Waals surface area contributed by atoms with Crippen molar-refractivity contribution < 1.29 is 14.7 Å². The van der Waals surface area contributed by atoms with Crippen molar-refractivity contribution in [1.82, 2.24) is 4.90 Å². The Labute approximate surface area is 149 Å². The van der Waals surface area contributed by atoms with Crippen molar-refractivity contribution in [3.8, 4) is 0 Å². The van der Waals surface area contributed by atoms with Gasteiger partial charge in [-0.3, -0.25) is 4.79 Å². The fraction of sp³-hybridized carbons (Fsp3) is 0.619. The van der Waals surface area contributed by atoms with Crippen molar-refractivity contribution in [1.29, 1.82) is 0 Å². The predicted molar refractivity (Wildman–Crippen MR) is 95.6 cm³/mol. The quantitative estimate of drug-likeness (QED) is 0.898. The number of benzene rings is 1. The highest BCUT2D eigenvalue weighted by molar-refractivity contribution is 5.87. The van der Waals surface area contributed by atoms with E-state index in [4.69, 9.17) is 5.11 Å². The molecule has 3 aliphatic rings. The van der Waals surface area contributed by atoms with Crippen LogP contribution in [0.25, 0.3) is 0 Å². The Morgan fingerprint density at radius 3 is 2.44 bits per heavy atom. The normalized spacial score (nSPS) is 25.3. The molecule has 2 saturated carbocycles. The van der Waals surface area contributed by atoms with Gasteiger partial charge in [-0.1, -0.05) is 18.6 Å². The molecule has 1 atom stereocenters. The van der Waals surface area contributed by atoms with Gasteiger partial charge < -0.3 is 10.0 Å². The second-order valence-corrected chi connectivity index (χ2v) is 8.24. The van der Waals surface area contributed by atoms with Crippen LogP contribution >= 0.6 is 0 Å². The average Bonchev–Trinajstić information content (AvgIpc) is 2.57. The maximum absolute atomic E-state index is 12.7. The first-order valence-corrected chi connectivity index (χ1v) is 9.68. The molecule has 1 aromatic carbocycles. The third-order valence-corrected chi connectivity index (χ3v) is 7.08. The molecule has 1 unspecified atom stereocenters. The maximum Gasteiger partial charge on any atom is 0.335 e. The van der Waals surface area contributed by atoms with Crippen LogP contribution in [-0.2, 0) is 4.79 Å². The van der Waals surface area contributed by atoms with Crippen LogP contribution < -0.4 is 0 Å². The Morgan fingerprint density at radius 1 is 1.12 bits per heavy atom. The SMILES string of the molecule is O=C(O)c1cccc(C2CCN(C(=O)CC3CCC34CCC4)CC2)c1. The molecule has 1 aromatic rings. The monoisotopic (exact) mass is 341 g/mol. The van der Waals surface area contributed by atoms with Crippen LogP contribution in [0.2, 0.25) is 0 Å². The van der Waals surface area contributed by atoms with E-state index in [1.807, 2.05) is 17.0 Å². The van der Waals surface area contributed by atoms with Gasteiger partial charge in [0, 0.05) is 19.5 Å². The molecule has 1 N–H and O–H groups in total. The van der Waals surface area contributed by atoms with Crippen molar-refractivity contribution in [3.05, 3.63) is 35.4 Å². The van der Waals surface area contributed by atoms with Gasteiger partial charge in [-0.05, 0) is 73.5 Å². The summed E-state index contributed by atoms with van der Waals surface area (Å²) in [7, 11) is 0. The molecule has 0 radical (unpaired) electrons. The molecule has 1 saturated heterocycles. The fourth-order valence-corrected chi connectivity index (χ4v) is 5.09. The number of hydrogen-bond acceptors (Lipinski definition) is 2. The van der Waals surface area contributed by atoms with E-state index in [9.17, 15) is 9.59 Å². The summed E-state index contributed by atoms with van der Waals surface area (Å²) in [6.45, 7) is 1.61. The lowest BCUT2D eigenvalue weighted by Gasteiger charge is -2.56. The van der Waals surface area contributed by atoms with Gasteiger partial charge in [-0.15, -0.1) is 0 Å². The van der Waals surface area contributed by atoms with Gasteiger partial charge in [0.25, 0.3) is 0 Å². The van der Waals surface area contributed by atoms with Crippen molar-refractivity contribution in [3.63, 3.8) is 0 Å². The number of piperidine rings is 1. The second kappa shape index (κ2) is 6.47. The molecule has 4 nitrogen and oxygen atoms in total. The van der Waals surface area contributed by atoms with E-state index in [-0.39, 0.29) is 0 Å². The number of rotatable bonds is 4. The average molecular weight is 341 g/mol. The first-order valence-electron chi connectivity index (χ1n) is 9.68. The van der Waals surface area contributed by atoms with Gasteiger partial charge in [0.05, 0.1) is 5.56 Å². The molecule has 4 heteroatoms. The molecule has 1 spiro atoms. The summed E-state index contributed by atoms with van der Waals surface area (Å²) in [6, 6.07) is 7.27. The summed E-state index contributed by atoms with van der Waals surface area (Å²) in [5, 5.41) is 9.15. The molecule has 25 heavy (non-hydrogen) atoms. The molecular formula is C21H27NO3. The summed E-state index contributed by atoms with van der Waals surface area (Å²) >= 11 is 0. The van der Waals surface area contributed by atoms with Gasteiger partial charge >= 0.3 is 5.97 Å². The van der Waals surface area contributed by atoms with Crippen molar-refractivity contribution in [2.24, 2.45) is 11.3 Å². The largest absolute Gasteiger partial charge is 0.478 e. The zero-order valence-electron chi connectivity index (χ0n) is 14.7. The zero-order valence-corrected chi connectivity index (χ0v) is 14.7. The molecule has 134 valence electrons. The van der Waals surface area contributed by atoms with Crippen LogP contribution in [0, 0.1) is 11.3 Å². The third-order valence-electron chi connectivity index (χ3n) is 7.08. The molecule has 0 aromatic heterocycles. The standard InChI is InChI=1S/C21H27NO3/c23-19(14-18-5-10-21(18)8-2-9-21)22-11-6-15(7-12-22)16-3-1-4-17(13-16)20(24)25/h1,3-4,13,15,18H,2,5-12,14H2,(H,24,25). The smallest absolute Gasteiger partial charge is 0.335 e. The third kappa shape index (κ3) is 3.07. The molecule has 2 aliphatic carbocycles. The molecule has 1 heterocycles. The lowest BCUT2D eigenvalue weighted by molar-refractivity contribution is -0.139. The van der Waals surface area contributed by atoms with E-state index in [0.29, 0.717) is 28.7 Å². The summed E-state index contributed by atoms with van der Waals surface area (Å²) < 4.78 is 0. The Bertz CT molecular complexity index is 666. The highest BCUT2D eigenvalue weighted by Crippen LogP contribution is 2.61. The molecule has 1 amide bonds. The van der Waals surface area contributed by atoms with Crippen LogP contribution in [0.5, 0.6) is 0 Å². The van der Waals surface area contributed by atoms with E-state index in [1.165, 1.54) is 32.1 Å². The van der Waals surface area contributed by atoms with E-state index < -0.39 is 5.97 Å². The highest BCUT2D eigenvalue weighted by Gasteiger charge is 2.51. The van der Waals surface area contributed by atoms with Crippen LogP contribution in [0.15, 0.2) is 24.3 Å². The highest BCUT2D eigenvalue weighted by atomic mass is 16.4. The molecule has 4 rings (SSSR count). The molecule has 3 fully saturated rings. The number of aromatic carboxylic acids is 1. The van der Waals surface area contributed by atoms with Gasteiger partial charge in [-0.25, -0.2) is 4.79 Å². The van der Waals surface area contributed by atoms with Crippen molar-refractivity contribution in [2.45, 2.75) is 57.3 Å². The summed E-state index contributed by atoms with van der Waals surface area (Å²) in [5.74, 6) is 0.470. The minimum Gasteiger partial charge on any atom is -0.478 e. The minimum absolute atomic E-state index is 0.341. The Morgan fingerprint density at radius 2 is 1.88 bits per heavy atom. The van der Waals surface area contributed by atoms with E-state index in [1.54, 1.807) is 12.1 Å². The zero-order chi connectivity index (χ0) is 17.4. The number of amides is 1. The molecule has 0 bridgehead atoms. The van der Waals surface area contributed by atoms with E-state index in [0.717, 1.165) is 37.9 Å². The van der Waals surface area contributed by atoms with Crippen LogP contribution in [0.3, 0.4) is 0 Å². The molecule has 1 aliphatic heterocycles. The molecular weight excluding hydrogens is 314 g/mol. The van der Waals surface area contributed by atoms with Crippen molar-refractivity contribution >= 4 is 11.9 Å². The summed E-state index contributed by atoms with van der Waals surface area (Å²) in [5.41, 5.74) is 2.00. The first-order chi connectivity index (χ1) is 12.1. The number of hydrogen-bond donors (Lipinski definition) is 1. The fourth-order valence-electron chi connectivity index (χ4n) is 5.09. The Hall–Kier alpha value is -1.84. The van der Waals surface area contributed by atoms with Crippen LogP contribution in [0.1, 0.15) is 73.2 Å². The van der Waals surface area contributed by atoms with Gasteiger partial charge in [0.1, 0.15) is 0 Å². The second-order valence-electron chi connectivity index (χ2n) is 8.24. The first kappa shape index (κ1) is 16.6. The van der Waals surface area contributed by atoms with Crippen LogP contribution in [-0.4, -0.2) is 35.0 Å². The predicted octanol–water partition coefficient (Wildman–Crippen LogP) is 4.06. The maximum atomic E-state index is 12.7. The summed E-state index contributed by atoms with van der Waals surface area (Å²) in [4.78, 5) is 25.9. The van der Waals surface area contributed by atoms with Gasteiger partial charge in [-0.2, -0.15) is 0 Å². The Kier molecular flexibility index (Phi) is 4.30. The van der Waals surface area contributed by atoms with Crippen molar-refractivity contribution in [2.75, 3.05) is 13.1 Å². The lowest BCUT2D eigenvalue weighted by atomic mass is 9.49. The Balaban J connectivity index is 1.31. The van der Waals surface area contributed by atoms with Crippen LogP contribution in [0.4, 0.5) is 0 Å². The van der Waals surface area contributed by atoms with Gasteiger partial charge in [0.15, 0.2) is 0 Å². The van der Waals surface area contributed by atoms with E-state index >= 15 is 0 Å². The number of carbonyl (C=O) groups is 2. The van der Waals surface area contributed by atoms with E-state index in [2.05, 4.69) is 0 Å². The number of carboxylic acids is 1. The topological polar surface area (TPSA) is 57.6 Å². The lowest BCUT2D eigenvalue weighted by Crippen LogP contribution is -2.48.